The number of alkyl halides is 3. The number of carbonyl (C=O) groups excluding carboxylic acids is 1. The van der Waals surface area contributed by atoms with E-state index in [1.54, 1.807) is 0 Å². The molecule has 0 aromatic carbocycles. The molecule has 8 heteroatoms. The monoisotopic (exact) mass is 259 g/mol. The van der Waals surface area contributed by atoms with Crippen LogP contribution in [-0.2, 0) is 0 Å². The molecule has 4 nitrogen and oxygen atoms in total. The maximum atomic E-state index is 12.0. The minimum Gasteiger partial charge on any atom is -0.543 e. The number of hydrogen-bond donors (Lipinski definition) is 1. The maximum Gasteiger partial charge on any atom is 1.00 e. The van der Waals surface area contributed by atoms with Crippen molar-refractivity contribution in [2.24, 2.45) is 0 Å². The average molecular weight is 259 g/mol. The van der Waals surface area contributed by atoms with E-state index in [1.165, 1.54) is 0 Å². The number of carboxylic acids is 1. The Morgan fingerprint density at radius 3 is 2.44 bits per heavy atom. The third-order valence-corrected chi connectivity index (χ3v) is 1.57. The third-order valence-electron chi connectivity index (χ3n) is 1.57. The van der Waals surface area contributed by atoms with Crippen LogP contribution in [0.1, 0.15) is 22.3 Å². The molecule has 0 saturated carbocycles. The third kappa shape index (κ3) is 4.11. The summed E-state index contributed by atoms with van der Waals surface area (Å²) in [5.41, 5.74) is -1.43. The topological polar surface area (TPSA) is 73.2 Å². The van der Waals surface area contributed by atoms with Gasteiger partial charge in [-0.15, -0.1) is 0 Å². The van der Waals surface area contributed by atoms with Crippen LogP contribution < -0.4 is 56.5 Å². The molecule has 0 amide bonds. The van der Waals surface area contributed by atoms with Crippen LogP contribution >= 0.6 is 0 Å². The first-order chi connectivity index (χ1) is 6.82. The van der Waals surface area contributed by atoms with E-state index in [2.05, 4.69) is 4.98 Å². The van der Waals surface area contributed by atoms with Gasteiger partial charge in [0.1, 0.15) is 0 Å². The fraction of sp³-hybridized carbons (Fsp3) is 0.250. The van der Waals surface area contributed by atoms with Crippen LogP contribution in [-0.4, -0.2) is 22.2 Å². The van der Waals surface area contributed by atoms with Crippen molar-refractivity contribution in [3.8, 4) is 0 Å². The van der Waals surface area contributed by atoms with Gasteiger partial charge in [-0.1, -0.05) is 6.07 Å². The van der Waals surface area contributed by atoms with Crippen LogP contribution in [0.2, 0.25) is 0 Å². The van der Waals surface area contributed by atoms with Crippen molar-refractivity contribution in [1.29, 1.82) is 0 Å². The number of hydrogen-bond acceptors (Lipinski definition) is 4. The average Bonchev–Trinajstić information content (AvgIpc) is 2.15. The van der Waals surface area contributed by atoms with Gasteiger partial charge in [0.2, 0.25) is 0 Å². The first kappa shape index (κ1) is 16.0. The number of carboxylic acid groups (broad SMARTS) is 1. The Bertz CT molecular complexity index is 383. The van der Waals surface area contributed by atoms with Crippen LogP contribution in [0.15, 0.2) is 18.2 Å². The summed E-state index contributed by atoms with van der Waals surface area (Å²) in [5, 5.41) is 19.1. The molecule has 1 aromatic rings. The van der Waals surface area contributed by atoms with Gasteiger partial charge in [0.25, 0.3) is 0 Å². The Morgan fingerprint density at radius 1 is 1.44 bits per heavy atom. The zero-order chi connectivity index (χ0) is 11.6. The van der Waals surface area contributed by atoms with E-state index >= 15 is 0 Å². The summed E-state index contributed by atoms with van der Waals surface area (Å²) in [6, 6.07) is 2.90. The van der Waals surface area contributed by atoms with E-state index in [-0.39, 0.29) is 51.4 Å². The van der Waals surface area contributed by atoms with Crippen molar-refractivity contribution in [3.63, 3.8) is 0 Å². The molecule has 82 valence electrons. The minimum absolute atomic E-state index is 0. The fourth-order valence-corrected chi connectivity index (χ4v) is 0.885. The molecule has 0 fully saturated rings. The molecule has 1 atom stereocenters. The minimum atomic E-state index is -4.88. The summed E-state index contributed by atoms with van der Waals surface area (Å²) < 4.78 is 36.0. The predicted octanol–water partition coefficient (Wildman–Crippen LogP) is -2.96. The molecular weight excluding hydrogens is 254 g/mol. The number of rotatable bonds is 2. The summed E-state index contributed by atoms with van der Waals surface area (Å²) in [7, 11) is 0. The fourth-order valence-electron chi connectivity index (χ4n) is 0.885. The number of pyridine rings is 1. The Balaban J connectivity index is 0.00000225. The van der Waals surface area contributed by atoms with Gasteiger partial charge in [-0.2, -0.15) is 13.2 Å². The zero-order valence-electron chi connectivity index (χ0n) is 8.15. The van der Waals surface area contributed by atoms with Crippen LogP contribution in [0.25, 0.3) is 0 Å². The Kier molecular flexibility index (Phi) is 6.08. The molecule has 0 bridgehead atoms. The van der Waals surface area contributed by atoms with E-state index in [1.807, 2.05) is 0 Å². The molecule has 0 aliphatic carbocycles. The number of aromatic nitrogens is 1. The second kappa shape index (κ2) is 6.08. The van der Waals surface area contributed by atoms with E-state index < -0.39 is 29.6 Å². The molecule has 1 N–H and O–H groups in total. The van der Waals surface area contributed by atoms with Gasteiger partial charge >= 0.3 is 57.6 Å². The number of aromatic carboxylic acids is 1. The Hall–Kier alpha value is 0.00636. The Morgan fingerprint density at radius 2 is 2.00 bits per heavy atom. The van der Waals surface area contributed by atoms with Crippen molar-refractivity contribution in [2.45, 2.75) is 12.3 Å². The summed E-state index contributed by atoms with van der Waals surface area (Å²) in [6.07, 6.45) is -7.67. The molecule has 1 rings (SSSR count). The first-order valence-electron chi connectivity index (χ1n) is 3.75. The van der Waals surface area contributed by atoms with Gasteiger partial charge in [-0.3, -0.25) is 0 Å². The summed E-state index contributed by atoms with van der Waals surface area (Å²) in [4.78, 5) is 13.4. The molecule has 0 aliphatic heterocycles. The SMILES string of the molecule is O=C([O-])c1cccc(C(O)C(F)(F)F)n1.[K+]. The second-order valence-corrected chi connectivity index (χ2v) is 2.68. The quantitative estimate of drug-likeness (QED) is 0.576. The van der Waals surface area contributed by atoms with Crippen LogP contribution in [0.5, 0.6) is 0 Å². The summed E-state index contributed by atoms with van der Waals surface area (Å²) in [6.45, 7) is 0. The maximum absolute atomic E-state index is 12.0. The molecule has 1 aromatic heterocycles. The molecule has 16 heavy (non-hydrogen) atoms. The van der Waals surface area contributed by atoms with Crippen molar-refractivity contribution in [2.75, 3.05) is 0 Å². The molecule has 1 unspecified atom stereocenters. The smallest absolute Gasteiger partial charge is 0.543 e. The van der Waals surface area contributed by atoms with E-state index in [9.17, 15) is 23.1 Å². The van der Waals surface area contributed by atoms with E-state index in [0.717, 1.165) is 18.2 Å². The van der Waals surface area contributed by atoms with Crippen LogP contribution in [0.4, 0.5) is 13.2 Å². The zero-order valence-corrected chi connectivity index (χ0v) is 11.3. The van der Waals surface area contributed by atoms with Gasteiger partial charge in [-0.25, -0.2) is 4.98 Å². The van der Waals surface area contributed by atoms with Crippen molar-refractivity contribution >= 4 is 5.97 Å². The number of aliphatic hydroxyl groups excluding tert-OH is 1. The van der Waals surface area contributed by atoms with Gasteiger partial charge in [0.15, 0.2) is 6.10 Å². The number of carbonyl (C=O) groups is 1. The summed E-state index contributed by atoms with van der Waals surface area (Å²) in [5.74, 6) is -1.70. The van der Waals surface area contributed by atoms with Crippen molar-refractivity contribution in [3.05, 3.63) is 29.6 Å². The van der Waals surface area contributed by atoms with Crippen molar-refractivity contribution < 1.29 is 79.6 Å². The number of aliphatic hydroxyl groups is 1. The van der Waals surface area contributed by atoms with Crippen LogP contribution in [0.3, 0.4) is 0 Å². The molecule has 1 heterocycles. The van der Waals surface area contributed by atoms with E-state index in [0.29, 0.717) is 0 Å². The summed E-state index contributed by atoms with van der Waals surface area (Å²) >= 11 is 0. The Labute approximate surface area is 131 Å². The predicted molar refractivity (Wildman–Crippen MR) is 39.6 cm³/mol. The standard InChI is InChI=1S/C8H6F3NO3.K/c9-8(10,11)6(13)4-2-1-3-5(12-4)7(14)15;/h1-3,6,13H,(H,14,15);/q;+1/p-1. The number of halogens is 3. The van der Waals surface area contributed by atoms with Crippen molar-refractivity contribution in [1.82, 2.24) is 4.98 Å². The van der Waals surface area contributed by atoms with Crippen LogP contribution in [0, 0.1) is 0 Å². The van der Waals surface area contributed by atoms with Gasteiger partial charge in [0, 0.05) is 0 Å². The second-order valence-electron chi connectivity index (χ2n) is 2.68. The first-order valence-corrected chi connectivity index (χ1v) is 3.75. The van der Waals surface area contributed by atoms with E-state index in [4.69, 9.17) is 5.11 Å². The van der Waals surface area contributed by atoms with Gasteiger partial charge < -0.3 is 15.0 Å². The normalized spacial score (nSPS) is 12.8. The molecule has 0 saturated heterocycles. The van der Waals surface area contributed by atoms with Gasteiger partial charge in [-0.05, 0) is 12.1 Å². The molecule has 0 radical (unpaired) electrons. The largest absolute Gasteiger partial charge is 1.00 e. The van der Waals surface area contributed by atoms with Gasteiger partial charge in [0.05, 0.1) is 17.4 Å². The molecule has 0 spiro atoms. The number of nitrogens with zero attached hydrogens (tertiary/aromatic N) is 1. The molecular formula is C8H5F3KNO3. The molecule has 0 aliphatic rings.